The van der Waals surface area contributed by atoms with Crippen molar-refractivity contribution in [2.24, 2.45) is 0 Å². The number of sulfone groups is 2. The number of aliphatic carboxylic acids is 1. The molecule has 10 heteroatoms. The van der Waals surface area contributed by atoms with Crippen molar-refractivity contribution >= 4 is 31.3 Å². The van der Waals surface area contributed by atoms with E-state index in [4.69, 9.17) is 5.11 Å². The first-order valence-electron chi connectivity index (χ1n) is 11.0. The van der Waals surface area contributed by atoms with Gasteiger partial charge in [-0.2, -0.15) is 0 Å². The highest BCUT2D eigenvalue weighted by Gasteiger charge is 2.16. The van der Waals surface area contributed by atoms with Crippen molar-refractivity contribution in [3.8, 4) is 0 Å². The predicted molar refractivity (Wildman–Crippen MR) is 130 cm³/mol. The maximum Gasteiger partial charge on any atom is 0.303 e. The van der Waals surface area contributed by atoms with Crippen LogP contribution in [0.1, 0.15) is 37.8 Å². The predicted octanol–water partition coefficient (Wildman–Crippen LogP) is 1.87. The van der Waals surface area contributed by atoms with Gasteiger partial charge in [0.2, 0.25) is 0 Å². The van der Waals surface area contributed by atoms with Crippen LogP contribution in [-0.4, -0.2) is 89.6 Å². The first-order chi connectivity index (χ1) is 14.8. The smallest absolute Gasteiger partial charge is 0.303 e. The van der Waals surface area contributed by atoms with Crippen LogP contribution < -0.4 is 4.90 Å². The van der Waals surface area contributed by atoms with Crippen molar-refractivity contribution in [1.82, 2.24) is 4.90 Å². The van der Waals surface area contributed by atoms with Crippen molar-refractivity contribution in [1.29, 1.82) is 0 Å². The van der Waals surface area contributed by atoms with Gasteiger partial charge in [-0.3, -0.25) is 4.79 Å². The Morgan fingerprint density at radius 1 is 0.875 bits per heavy atom. The zero-order chi connectivity index (χ0) is 24.4. The van der Waals surface area contributed by atoms with E-state index in [2.05, 4.69) is 18.7 Å². The summed E-state index contributed by atoms with van der Waals surface area (Å²) in [6.07, 6.45) is 4.41. The Balaban J connectivity index is 3.19. The van der Waals surface area contributed by atoms with Crippen LogP contribution in [0.3, 0.4) is 0 Å². The van der Waals surface area contributed by atoms with Crippen LogP contribution in [-0.2, 0) is 37.3 Å². The van der Waals surface area contributed by atoms with Crippen molar-refractivity contribution in [2.75, 3.05) is 61.6 Å². The lowest BCUT2D eigenvalue weighted by Gasteiger charge is -2.26. The molecule has 0 atom stereocenters. The lowest BCUT2D eigenvalue weighted by Crippen LogP contribution is -2.33. The third-order valence-corrected chi connectivity index (χ3v) is 7.30. The molecule has 0 amide bonds. The van der Waals surface area contributed by atoms with Crippen molar-refractivity contribution in [3.05, 3.63) is 29.3 Å². The minimum atomic E-state index is -3.20. The van der Waals surface area contributed by atoms with Crippen molar-refractivity contribution in [2.45, 2.75) is 39.5 Å². The minimum absolute atomic E-state index is 0.0636. The highest BCUT2D eigenvalue weighted by atomic mass is 32.2. The van der Waals surface area contributed by atoms with E-state index in [1.165, 1.54) is 12.5 Å². The Morgan fingerprint density at radius 2 is 1.44 bits per heavy atom. The fraction of sp³-hybridized carbons (Fsp3) is 0.682. The summed E-state index contributed by atoms with van der Waals surface area (Å²) < 4.78 is 46.8. The van der Waals surface area contributed by atoms with E-state index in [1.807, 2.05) is 23.1 Å². The molecule has 0 aromatic heterocycles. The van der Waals surface area contributed by atoms with Gasteiger partial charge in [-0.15, -0.1) is 0 Å². The number of carboxylic acids is 1. The molecule has 0 aliphatic heterocycles. The fourth-order valence-corrected chi connectivity index (χ4v) is 4.56. The number of nitrogens with zero attached hydrogens (tertiary/aromatic N) is 2. The summed E-state index contributed by atoms with van der Waals surface area (Å²) >= 11 is 0. The molecule has 0 spiro atoms. The molecule has 0 bridgehead atoms. The number of hydrogen-bond acceptors (Lipinski definition) is 7. The second-order valence-corrected chi connectivity index (χ2v) is 12.7. The molecule has 0 heterocycles. The zero-order valence-corrected chi connectivity index (χ0v) is 21.3. The van der Waals surface area contributed by atoms with E-state index >= 15 is 0 Å². The van der Waals surface area contributed by atoms with E-state index in [0.717, 1.165) is 42.9 Å². The van der Waals surface area contributed by atoms with Gasteiger partial charge in [-0.1, -0.05) is 19.9 Å². The summed E-state index contributed by atoms with van der Waals surface area (Å²) in [5.41, 5.74) is 2.95. The molecule has 1 aromatic rings. The van der Waals surface area contributed by atoms with Gasteiger partial charge in [0.15, 0.2) is 0 Å². The molecule has 0 aliphatic rings. The first-order valence-corrected chi connectivity index (χ1v) is 15.1. The highest BCUT2D eigenvalue weighted by Crippen LogP contribution is 2.23. The van der Waals surface area contributed by atoms with E-state index in [0.29, 0.717) is 12.8 Å². The molecule has 1 aromatic carbocycles. The Kier molecular flexibility index (Phi) is 11.7. The van der Waals surface area contributed by atoms with Crippen LogP contribution in [0.5, 0.6) is 0 Å². The third-order valence-electron chi connectivity index (χ3n) is 5.45. The SMILES string of the molecule is CCN(CC)CCc1cc(N(CCS(C)(=O)=O)CCS(C)(=O)=O)ccc1CCCC(=O)O. The van der Waals surface area contributed by atoms with Gasteiger partial charge in [-0.05, 0) is 55.6 Å². The fourth-order valence-electron chi connectivity index (χ4n) is 3.46. The number of rotatable bonds is 16. The minimum Gasteiger partial charge on any atom is -0.481 e. The maximum atomic E-state index is 11.7. The number of benzene rings is 1. The molecule has 0 unspecified atom stereocenters. The van der Waals surface area contributed by atoms with Gasteiger partial charge in [0.1, 0.15) is 19.7 Å². The number of anilines is 1. The average Bonchev–Trinajstić information content (AvgIpc) is 2.68. The van der Waals surface area contributed by atoms with E-state index in [1.54, 1.807) is 0 Å². The summed E-state index contributed by atoms with van der Waals surface area (Å²) in [7, 11) is -6.40. The number of hydrogen-bond donors (Lipinski definition) is 1. The van der Waals surface area contributed by atoms with Gasteiger partial charge in [-0.25, -0.2) is 16.8 Å². The molecule has 0 radical (unpaired) electrons. The molecule has 32 heavy (non-hydrogen) atoms. The summed E-state index contributed by atoms with van der Waals surface area (Å²) in [4.78, 5) is 15.0. The Morgan fingerprint density at radius 3 is 1.91 bits per heavy atom. The van der Waals surface area contributed by atoms with Gasteiger partial charge in [0, 0.05) is 44.3 Å². The van der Waals surface area contributed by atoms with Crippen LogP contribution >= 0.6 is 0 Å². The largest absolute Gasteiger partial charge is 0.481 e. The Bertz CT molecular complexity index is 905. The van der Waals surface area contributed by atoms with E-state index < -0.39 is 25.6 Å². The number of aryl methyl sites for hydroxylation is 1. The maximum absolute atomic E-state index is 11.7. The Labute approximate surface area is 193 Å². The number of likely N-dealkylation sites (N-methyl/N-ethyl adjacent to an activating group) is 1. The van der Waals surface area contributed by atoms with Crippen LogP contribution in [0.15, 0.2) is 18.2 Å². The summed E-state index contributed by atoms with van der Waals surface area (Å²) in [6.45, 7) is 7.34. The zero-order valence-electron chi connectivity index (χ0n) is 19.7. The standard InChI is InChI=1S/C22H38N2O6S2/c1-5-23(6-2)13-12-20-18-21(11-10-19(20)8-7-9-22(25)26)24(14-16-31(3,27)28)15-17-32(4,29)30/h10-11,18H,5-9,12-17H2,1-4H3,(H,25,26). The second kappa shape index (κ2) is 13.2. The summed E-state index contributed by atoms with van der Waals surface area (Å²) in [6, 6.07) is 5.84. The third kappa shape index (κ3) is 11.8. The molecule has 0 saturated carbocycles. The lowest BCUT2D eigenvalue weighted by molar-refractivity contribution is -0.137. The van der Waals surface area contributed by atoms with Crippen LogP contribution in [0.2, 0.25) is 0 Å². The van der Waals surface area contributed by atoms with Gasteiger partial charge in [0.25, 0.3) is 0 Å². The molecular weight excluding hydrogens is 452 g/mol. The molecule has 0 fully saturated rings. The van der Waals surface area contributed by atoms with Gasteiger partial charge < -0.3 is 14.9 Å². The summed E-state index contributed by atoms with van der Waals surface area (Å²) in [5.74, 6) is -0.948. The van der Waals surface area contributed by atoms with Gasteiger partial charge in [0.05, 0.1) is 11.5 Å². The topological polar surface area (TPSA) is 112 Å². The molecule has 184 valence electrons. The average molecular weight is 491 g/mol. The first kappa shape index (κ1) is 28.4. The molecule has 1 N–H and O–H groups in total. The van der Waals surface area contributed by atoms with Crippen molar-refractivity contribution < 1.29 is 26.7 Å². The monoisotopic (exact) mass is 490 g/mol. The Hall–Kier alpha value is -1.65. The van der Waals surface area contributed by atoms with Crippen LogP contribution in [0.4, 0.5) is 5.69 Å². The summed E-state index contributed by atoms with van der Waals surface area (Å²) in [5, 5.41) is 8.96. The normalized spacial score (nSPS) is 12.3. The molecular formula is C22H38N2O6S2. The quantitative estimate of drug-likeness (QED) is 0.374. The molecule has 8 nitrogen and oxygen atoms in total. The van der Waals surface area contributed by atoms with Crippen LogP contribution in [0, 0.1) is 0 Å². The van der Waals surface area contributed by atoms with Crippen molar-refractivity contribution in [3.63, 3.8) is 0 Å². The number of carbonyl (C=O) groups is 1. The second-order valence-electron chi connectivity index (χ2n) is 8.22. The lowest BCUT2D eigenvalue weighted by atomic mass is 9.98. The van der Waals surface area contributed by atoms with Gasteiger partial charge >= 0.3 is 5.97 Å². The molecule has 0 saturated heterocycles. The van der Waals surface area contributed by atoms with E-state index in [9.17, 15) is 21.6 Å². The number of carboxylic acid groups (broad SMARTS) is 1. The van der Waals surface area contributed by atoms with E-state index in [-0.39, 0.29) is 31.0 Å². The molecule has 1 rings (SSSR count). The van der Waals surface area contributed by atoms with Crippen LogP contribution in [0.25, 0.3) is 0 Å². The molecule has 0 aliphatic carbocycles. The highest BCUT2D eigenvalue weighted by molar-refractivity contribution is 7.90.